The molecule has 0 radical (unpaired) electrons. The fourth-order valence-corrected chi connectivity index (χ4v) is 14.3. The Morgan fingerprint density at radius 2 is 0.797 bits per heavy atom. The van der Waals surface area contributed by atoms with Gasteiger partial charge in [0.2, 0.25) is 20.4 Å². The first-order chi connectivity index (χ1) is 58.8. The molecule has 24 nitrogen and oxygen atoms in total. The lowest BCUT2D eigenvalue weighted by atomic mass is 10.1. The van der Waals surface area contributed by atoms with Gasteiger partial charge in [-0.1, -0.05) is 158 Å². The second kappa shape index (κ2) is 50.4. The van der Waals surface area contributed by atoms with Gasteiger partial charge in [0.15, 0.2) is 34.5 Å². The summed E-state index contributed by atoms with van der Waals surface area (Å²) in [7, 11) is -7.32. The number of nitrogens with one attached hydrogen (secondary N) is 1. The van der Waals surface area contributed by atoms with Crippen LogP contribution in [0.4, 0.5) is 17.6 Å². The number of fused-ring (bicyclic) bond motifs is 3. The zero-order chi connectivity index (χ0) is 88.0. The van der Waals surface area contributed by atoms with E-state index in [9.17, 15) is 34.4 Å². The Morgan fingerprint density at radius 1 is 0.415 bits per heavy atom. The van der Waals surface area contributed by atoms with E-state index in [1.807, 2.05) is 217 Å². The summed E-state index contributed by atoms with van der Waals surface area (Å²) in [6.45, 7) is 8.45. The predicted octanol–water partition coefficient (Wildman–Crippen LogP) is 20.9. The zero-order valence-electron chi connectivity index (χ0n) is 66.4. The molecule has 2 N–H and O–H groups in total. The van der Waals surface area contributed by atoms with Crippen molar-refractivity contribution in [2.75, 3.05) is 66.9 Å². The maximum atomic E-state index is 13.0. The fourth-order valence-electron chi connectivity index (χ4n) is 11.2. The second-order valence-corrected chi connectivity index (χ2v) is 31.8. The highest BCUT2D eigenvalue weighted by Gasteiger charge is 2.22. The van der Waals surface area contributed by atoms with Crippen LogP contribution in [-0.4, -0.2) is 131 Å². The summed E-state index contributed by atoms with van der Waals surface area (Å²) in [5, 5.41) is 25.4. The first-order valence-corrected chi connectivity index (χ1v) is 42.3. The number of phenolic OH excluding ortho intramolecular Hbond substituents is 1. The van der Waals surface area contributed by atoms with Gasteiger partial charge in [0, 0.05) is 46.8 Å². The SMILES string of the molecule is Brc1cccc(-c2cc(-c3ccc4c(c3)OCO4)[nH]n2)c1.C.CCCOS(=O)(=O)c1ccc(C)cc1.Cc1ccc(S(=O)(=O)OCC[18F])cc1.Cc1cccc(O)c1.Cc1cccc(OCCF)c1.FCCn1nc(-c2ccc3c(c2)OCO3)cc1-c1cccc(Br)c1.FCCn1nc(-c2cccc(Br)c2)cc1-c1ccc2c(c1)OCO2.O=C=O.O=C=O. The molecule has 6 heterocycles. The Bertz CT molecular complexity index is 5730. The largest absolute Gasteiger partial charge is 0.508 e. The topological polar surface area (TPSA) is 304 Å². The van der Waals surface area contributed by atoms with Crippen molar-refractivity contribution >= 4 is 80.3 Å². The molecule has 0 unspecified atom stereocenters. The third-order valence-electron chi connectivity index (χ3n) is 16.8. The number of hydrogen-bond donors (Lipinski definition) is 2. The Morgan fingerprint density at radius 3 is 1.23 bits per heavy atom. The van der Waals surface area contributed by atoms with Crippen molar-refractivity contribution in [3.05, 3.63) is 278 Å². The van der Waals surface area contributed by atoms with Crippen LogP contribution >= 0.6 is 47.8 Å². The number of carbonyl (C=O) groups excluding carboxylic acids is 4. The molecule has 0 spiro atoms. The normalized spacial score (nSPS) is 11.3. The maximum absolute atomic E-state index is 13.0. The molecule has 10 aromatic carbocycles. The van der Waals surface area contributed by atoms with Crippen LogP contribution in [0.5, 0.6) is 46.0 Å². The molecule has 3 aliphatic heterocycles. The number of halogens is 7. The van der Waals surface area contributed by atoms with Crippen LogP contribution in [-0.2, 0) is 60.9 Å². The average Bonchev–Trinajstić information content (AvgIpc) is 1.66. The molecule has 0 amide bonds. The lowest BCUT2D eigenvalue weighted by Crippen LogP contribution is -2.08. The quantitative estimate of drug-likeness (QED) is 0.0499. The van der Waals surface area contributed by atoms with Crippen LogP contribution in [0.25, 0.3) is 67.5 Å². The van der Waals surface area contributed by atoms with Gasteiger partial charge in [0.1, 0.15) is 44.8 Å². The van der Waals surface area contributed by atoms with Gasteiger partial charge in [-0.15, -0.1) is 0 Å². The number of rotatable bonds is 21. The lowest BCUT2D eigenvalue weighted by Gasteiger charge is -2.06. The van der Waals surface area contributed by atoms with Crippen LogP contribution in [0.2, 0.25) is 0 Å². The molecule has 13 aromatic rings. The number of hydrogen-bond acceptors (Lipinski definition) is 21. The third-order valence-corrected chi connectivity index (χ3v) is 21.0. The van der Waals surface area contributed by atoms with Crippen LogP contribution in [0.3, 0.4) is 0 Å². The van der Waals surface area contributed by atoms with E-state index in [0.29, 0.717) is 23.7 Å². The first kappa shape index (κ1) is 98.1. The summed E-state index contributed by atoms with van der Waals surface area (Å²) in [4.78, 5) is 32.8. The van der Waals surface area contributed by atoms with Crippen molar-refractivity contribution in [2.45, 2.75) is 71.3 Å². The predicted molar refractivity (Wildman–Crippen MR) is 466 cm³/mol. The number of nitrogens with zero attached hydrogens (tertiary/aromatic N) is 5. The van der Waals surface area contributed by atoms with Gasteiger partial charge < -0.3 is 38.3 Å². The number of ether oxygens (including phenoxy) is 7. The van der Waals surface area contributed by atoms with E-state index in [1.54, 1.807) is 57.9 Å². The van der Waals surface area contributed by atoms with Crippen molar-refractivity contribution < 1.29 is 100 Å². The molecule has 646 valence electrons. The first-order valence-electron chi connectivity index (χ1n) is 37.1. The van der Waals surface area contributed by atoms with E-state index in [0.717, 1.165) is 132 Å². The van der Waals surface area contributed by atoms with Crippen LogP contribution in [0.1, 0.15) is 43.0 Å². The zero-order valence-corrected chi connectivity index (χ0v) is 72.8. The summed E-state index contributed by atoms with van der Waals surface area (Å²) >= 11 is 10.4. The molecule has 0 saturated carbocycles. The minimum atomic E-state index is -3.78. The maximum Gasteiger partial charge on any atom is 0.373 e. The number of phenols is 1. The smallest absolute Gasteiger partial charge is 0.373 e. The summed E-state index contributed by atoms with van der Waals surface area (Å²) in [6, 6.07) is 74.6. The number of aryl methyl sites for hydroxylation is 6. The number of alkyl halides is 4. The Labute approximate surface area is 735 Å². The fraction of sp³-hybridized carbons (Fsp3) is 0.211. The Kier molecular flexibility index (Phi) is 40.2. The van der Waals surface area contributed by atoms with Crippen molar-refractivity contribution in [3.63, 3.8) is 0 Å². The lowest BCUT2D eigenvalue weighted by molar-refractivity contribution is -0.193. The standard InChI is InChI=1S/2C18H14BrFN2O2.C16H11BrN2O2.C10H14O3S.C9H11FO3S.C9H11FO.C7H8O.2CO2.CH4/c19-14-3-1-2-13(8-14)16-10-15(21-22(16)7-6-20)12-4-5-17-18(9-12)24-11-23-17;19-14-3-1-2-12(8-14)15-10-16(22(21-15)7-6-20)13-4-5-17-18(9-13)24-11-23-17;17-12-3-1-2-10(6-12)13-8-14(19-18-13)11-4-5-15-16(7-11)21-9-20-15;1-3-8-13-14(11,12)10-6-4-9(2)5-7-10;1-8-2-4-9(5-3-8)14(11,12)13-7-6-10;1-8-3-2-4-9(7-8)11-6-5-10;1-6-3-2-4-7(8)5-6;2*2-1-3;/h2*1-5,8-10H,6-7,11H2;1-8H,9H2,(H,18,19);4-7H,3,8H2,1-2H3;2-5H,6-7H2,1H3;2-4,7H,5-6H2,1H3;2-5,8H,1H3;;;1H4/i;;;;10-1;;;;;. The molecular weight excluding hydrogens is 1830 g/mol. The number of aromatic hydroxyl groups is 1. The van der Waals surface area contributed by atoms with Gasteiger partial charge in [-0.25, -0.2) is 17.6 Å². The van der Waals surface area contributed by atoms with Gasteiger partial charge in [-0.05, 0) is 203 Å². The molecule has 16 rings (SSSR count). The summed E-state index contributed by atoms with van der Waals surface area (Å²) < 4.78 is 148. The average molecular weight is 1920 g/mol. The summed E-state index contributed by atoms with van der Waals surface area (Å²) in [6.07, 6.45) is 1.19. The molecule has 3 aliphatic rings. The summed E-state index contributed by atoms with van der Waals surface area (Å²) in [5.74, 6) is 5.49. The van der Waals surface area contributed by atoms with E-state index in [4.69, 9.17) is 61.6 Å². The molecule has 3 aromatic heterocycles. The van der Waals surface area contributed by atoms with Crippen molar-refractivity contribution in [3.8, 4) is 114 Å². The third kappa shape index (κ3) is 30.8. The van der Waals surface area contributed by atoms with Gasteiger partial charge >= 0.3 is 12.3 Å². The van der Waals surface area contributed by atoms with Crippen LogP contribution < -0.4 is 33.2 Å². The second-order valence-electron chi connectivity index (χ2n) is 25.8. The molecule has 0 atom stereocenters. The molecular formula is C90H87Br3F4N6O18S2. The molecule has 0 bridgehead atoms. The Balaban J connectivity index is 0.000000200. The highest BCUT2D eigenvalue weighted by molar-refractivity contribution is 9.11. The van der Waals surface area contributed by atoms with E-state index >= 15 is 0 Å². The van der Waals surface area contributed by atoms with Crippen molar-refractivity contribution in [1.82, 2.24) is 29.8 Å². The number of H-pyrrole nitrogens is 1. The monoisotopic (exact) mass is 1920 g/mol. The minimum absolute atomic E-state index is 0. The molecule has 0 saturated heterocycles. The van der Waals surface area contributed by atoms with E-state index < -0.39 is 53.5 Å². The highest BCUT2D eigenvalue weighted by Crippen LogP contribution is 2.40. The van der Waals surface area contributed by atoms with Crippen molar-refractivity contribution in [2.24, 2.45) is 0 Å². The molecule has 33 heteroatoms. The number of aromatic nitrogens is 6. The number of aromatic amines is 1. The molecule has 123 heavy (non-hydrogen) atoms. The Hall–Kier alpha value is -12.0. The van der Waals surface area contributed by atoms with Gasteiger partial charge in [-0.3, -0.25) is 22.8 Å². The van der Waals surface area contributed by atoms with Gasteiger partial charge in [-0.2, -0.15) is 51.3 Å². The molecule has 0 fully saturated rings. The minimum Gasteiger partial charge on any atom is -0.508 e. The van der Waals surface area contributed by atoms with Gasteiger partial charge in [0.25, 0.3) is 20.2 Å². The van der Waals surface area contributed by atoms with E-state index in [1.165, 1.54) is 12.1 Å². The van der Waals surface area contributed by atoms with Crippen LogP contribution in [0.15, 0.2) is 266 Å². The van der Waals surface area contributed by atoms with Crippen molar-refractivity contribution in [1.29, 1.82) is 0 Å². The van der Waals surface area contributed by atoms with Gasteiger partial charge in [0.05, 0.1) is 70.3 Å². The van der Waals surface area contributed by atoms with Crippen LogP contribution in [0, 0.1) is 27.7 Å². The number of benzene rings is 10. The summed E-state index contributed by atoms with van der Waals surface area (Å²) in [5.41, 5.74) is 15.2. The van der Waals surface area contributed by atoms with E-state index in [2.05, 4.69) is 72.4 Å². The van der Waals surface area contributed by atoms with E-state index in [-0.39, 0.29) is 76.2 Å². The molecule has 0 aliphatic carbocycles. The highest BCUT2D eigenvalue weighted by atomic mass is 79.9.